The van der Waals surface area contributed by atoms with Crippen molar-refractivity contribution in [3.8, 4) is 0 Å². The third-order valence-electron chi connectivity index (χ3n) is 2.76. The van der Waals surface area contributed by atoms with Crippen molar-refractivity contribution in [1.82, 2.24) is 4.31 Å². The number of hydrogen-bond donors (Lipinski definition) is 0. The Balaban J connectivity index is 2.28. The van der Waals surface area contributed by atoms with Gasteiger partial charge < -0.3 is 0 Å². The molecule has 1 aliphatic rings. The molecule has 4 heteroatoms. The van der Waals surface area contributed by atoms with Crippen molar-refractivity contribution < 1.29 is 8.42 Å². The highest BCUT2D eigenvalue weighted by molar-refractivity contribution is 7.89. The predicted octanol–water partition coefficient (Wildman–Crippen LogP) is 1.94. The number of hydrogen-bond acceptors (Lipinski definition) is 2. The van der Waals surface area contributed by atoms with E-state index in [0.29, 0.717) is 11.4 Å². The van der Waals surface area contributed by atoms with Crippen LogP contribution in [0.2, 0.25) is 0 Å². The molecule has 0 amide bonds. The van der Waals surface area contributed by atoms with Crippen LogP contribution in [0.15, 0.2) is 41.3 Å². The number of aryl methyl sites for hydroxylation is 1. The van der Waals surface area contributed by atoms with E-state index >= 15 is 0 Å². The van der Waals surface area contributed by atoms with E-state index < -0.39 is 10.0 Å². The Kier molecular flexibility index (Phi) is 2.64. The molecule has 0 bridgehead atoms. The zero-order valence-corrected chi connectivity index (χ0v) is 10.3. The summed E-state index contributed by atoms with van der Waals surface area (Å²) in [5, 5.41) is 0. The van der Waals surface area contributed by atoms with E-state index in [9.17, 15) is 8.42 Å². The monoisotopic (exact) mass is 237 g/mol. The maximum atomic E-state index is 12.1. The highest BCUT2D eigenvalue weighted by atomic mass is 32.2. The summed E-state index contributed by atoms with van der Waals surface area (Å²) in [6, 6.07) is 6.92. The highest BCUT2D eigenvalue weighted by Gasteiger charge is 2.44. The first-order valence-electron chi connectivity index (χ1n) is 5.17. The van der Waals surface area contributed by atoms with Crippen LogP contribution in [-0.4, -0.2) is 25.3 Å². The molecule has 1 heterocycles. The van der Waals surface area contributed by atoms with Gasteiger partial charge >= 0.3 is 0 Å². The molecule has 0 aromatic heterocycles. The maximum Gasteiger partial charge on any atom is 0.243 e. The Hall–Kier alpha value is -1.13. The molecule has 0 N–H and O–H groups in total. The Morgan fingerprint density at radius 2 is 1.94 bits per heavy atom. The van der Waals surface area contributed by atoms with Crippen molar-refractivity contribution in [1.29, 1.82) is 0 Å². The van der Waals surface area contributed by atoms with Crippen LogP contribution >= 0.6 is 0 Å². The van der Waals surface area contributed by atoms with Crippen LogP contribution in [0.3, 0.4) is 0 Å². The minimum Gasteiger partial charge on any atom is -0.207 e. The van der Waals surface area contributed by atoms with Crippen LogP contribution in [0, 0.1) is 6.92 Å². The summed E-state index contributed by atoms with van der Waals surface area (Å²) in [6.07, 6.45) is 0. The summed E-state index contributed by atoms with van der Waals surface area (Å²) in [7, 11) is -3.30. The fourth-order valence-corrected chi connectivity index (χ4v) is 3.24. The third-order valence-corrected chi connectivity index (χ3v) is 4.65. The average molecular weight is 237 g/mol. The second-order valence-corrected chi connectivity index (χ2v) is 6.14. The molecular formula is C12H15NO2S. The van der Waals surface area contributed by atoms with Gasteiger partial charge in [-0.3, -0.25) is 0 Å². The quantitative estimate of drug-likeness (QED) is 0.595. The van der Waals surface area contributed by atoms with Crippen LogP contribution in [0.4, 0.5) is 0 Å². The van der Waals surface area contributed by atoms with Gasteiger partial charge in [0.2, 0.25) is 10.0 Å². The fourth-order valence-electron chi connectivity index (χ4n) is 1.64. The first-order valence-corrected chi connectivity index (χ1v) is 6.61. The molecule has 16 heavy (non-hydrogen) atoms. The molecule has 1 fully saturated rings. The summed E-state index contributed by atoms with van der Waals surface area (Å²) in [4.78, 5) is 0.363. The van der Waals surface area contributed by atoms with E-state index in [2.05, 4.69) is 6.58 Å². The Labute approximate surface area is 96.4 Å². The number of nitrogens with zero attached hydrogens (tertiary/aromatic N) is 1. The lowest BCUT2D eigenvalue weighted by Crippen LogP contribution is -2.14. The topological polar surface area (TPSA) is 37.1 Å². The molecule has 86 valence electrons. The van der Waals surface area contributed by atoms with Crippen LogP contribution in [-0.2, 0) is 10.0 Å². The molecule has 2 atom stereocenters. The molecule has 2 unspecified atom stereocenters. The zero-order valence-electron chi connectivity index (χ0n) is 9.47. The van der Waals surface area contributed by atoms with E-state index in [4.69, 9.17) is 0 Å². The second kappa shape index (κ2) is 3.71. The van der Waals surface area contributed by atoms with Gasteiger partial charge in [-0.1, -0.05) is 29.8 Å². The second-order valence-electron chi connectivity index (χ2n) is 4.25. The van der Waals surface area contributed by atoms with Gasteiger partial charge in [-0.25, -0.2) is 8.42 Å². The molecule has 2 rings (SSSR count). The summed E-state index contributed by atoms with van der Waals surface area (Å²) in [6.45, 7) is 8.14. The molecule has 0 spiro atoms. The van der Waals surface area contributed by atoms with Gasteiger partial charge in [0, 0.05) is 6.54 Å². The first-order chi connectivity index (χ1) is 7.43. The lowest BCUT2D eigenvalue weighted by Gasteiger charge is -2.06. The summed E-state index contributed by atoms with van der Waals surface area (Å²) in [5.74, 6) is 0. The van der Waals surface area contributed by atoms with E-state index in [1.807, 2.05) is 26.0 Å². The van der Waals surface area contributed by atoms with Gasteiger partial charge in [0.15, 0.2) is 0 Å². The fraction of sp³-hybridized carbons (Fsp3) is 0.333. The van der Waals surface area contributed by atoms with Crippen molar-refractivity contribution in [2.24, 2.45) is 0 Å². The molecule has 0 saturated carbocycles. The molecule has 3 nitrogen and oxygen atoms in total. The van der Waals surface area contributed by atoms with Gasteiger partial charge in [0.05, 0.1) is 10.9 Å². The minimum atomic E-state index is -3.30. The average Bonchev–Trinajstić information content (AvgIpc) is 2.98. The molecule has 0 aliphatic carbocycles. The number of sulfonamides is 1. The van der Waals surface area contributed by atoms with Gasteiger partial charge in [-0.2, -0.15) is 4.31 Å². The molecule has 1 aromatic carbocycles. The normalized spacial score (nSPS) is 24.1. The largest absolute Gasteiger partial charge is 0.243 e. The zero-order chi connectivity index (χ0) is 11.9. The van der Waals surface area contributed by atoms with Gasteiger partial charge in [0.25, 0.3) is 0 Å². The molecule has 1 aliphatic heterocycles. The Morgan fingerprint density at radius 3 is 2.38 bits per heavy atom. The van der Waals surface area contributed by atoms with Gasteiger partial charge in [0.1, 0.15) is 0 Å². The predicted molar refractivity (Wildman–Crippen MR) is 63.7 cm³/mol. The van der Waals surface area contributed by atoms with E-state index in [-0.39, 0.29) is 6.04 Å². The minimum absolute atomic E-state index is 0.00805. The smallest absolute Gasteiger partial charge is 0.207 e. The van der Waals surface area contributed by atoms with Crippen LogP contribution in [0.25, 0.3) is 0 Å². The number of benzene rings is 1. The van der Waals surface area contributed by atoms with Gasteiger partial charge in [-0.05, 0) is 26.0 Å². The van der Waals surface area contributed by atoms with Crippen molar-refractivity contribution >= 4 is 10.0 Å². The molecular weight excluding hydrogens is 222 g/mol. The van der Waals surface area contributed by atoms with Crippen molar-refractivity contribution in [3.63, 3.8) is 0 Å². The Bertz CT molecular complexity index is 516. The Morgan fingerprint density at radius 1 is 1.38 bits per heavy atom. The lowest BCUT2D eigenvalue weighted by molar-refractivity contribution is 0.557. The molecule has 0 radical (unpaired) electrons. The summed E-state index contributed by atoms with van der Waals surface area (Å²) in [5.41, 5.74) is 1.96. The standard InChI is InChI=1S/C12H15NO2S/c1-9(2)12-8-13(12)16(14,15)11-6-4-10(3)5-7-11/h4-7,12H,1,8H2,2-3H3. The first kappa shape index (κ1) is 11.4. The van der Waals surface area contributed by atoms with E-state index in [1.54, 1.807) is 12.1 Å². The van der Waals surface area contributed by atoms with Crippen LogP contribution < -0.4 is 0 Å². The van der Waals surface area contributed by atoms with Crippen LogP contribution in [0.1, 0.15) is 12.5 Å². The lowest BCUT2D eigenvalue weighted by atomic mass is 10.2. The van der Waals surface area contributed by atoms with Crippen molar-refractivity contribution in [2.75, 3.05) is 6.54 Å². The van der Waals surface area contributed by atoms with Crippen molar-refractivity contribution in [2.45, 2.75) is 24.8 Å². The number of rotatable bonds is 3. The van der Waals surface area contributed by atoms with Crippen LogP contribution in [0.5, 0.6) is 0 Å². The van der Waals surface area contributed by atoms with Gasteiger partial charge in [-0.15, -0.1) is 0 Å². The highest BCUT2D eigenvalue weighted by Crippen LogP contribution is 2.31. The maximum absolute atomic E-state index is 12.1. The SMILES string of the molecule is C=C(C)C1CN1S(=O)(=O)c1ccc(C)cc1. The van der Waals surface area contributed by atoms with Crippen molar-refractivity contribution in [3.05, 3.63) is 42.0 Å². The summed E-state index contributed by atoms with van der Waals surface area (Å²) >= 11 is 0. The summed E-state index contributed by atoms with van der Waals surface area (Å²) < 4.78 is 25.7. The van der Waals surface area contributed by atoms with E-state index in [1.165, 1.54) is 4.31 Å². The molecule has 1 saturated heterocycles. The van der Waals surface area contributed by atoms with E-state index in [0.717, 1.165) is 11.1 Å². The molecule has 1 aromatic rings. The third kappa shape index (κ3) is 1.90.